The predicted molar refractivity (Wildman–Crippen MR) is 55.1 cm³/mol. The second-order valence-corrected chi connectivity index (χ2v) is 7.11. The van der Waals surface area contributed by atoms with Crippen molar-refractivity contribution in [1.29, 1.82) is 0 Å². The van der Waals surface area contributed by atoms with Gasteiger partial charge in [0.2, 0.25) is 0 Å². The summed E-state index contributed by atoms with van der Waals surface area (Å²) in [6.45, 7) is 0. The molecule has 0 aromatic rings. The van der Waals surface area contributed by atoms with Crippen LogP contribution in [0.25, 0.3) is 0 Å². The molecule has 0 spiro atoms. The van der Waals surface area contributed by atoms with Crippen molar-refractivity contribution < 1.29 is 0 Å². The largest absolute Gasteiger partial charge is 0.0995 e. The van der Waals surface area contributed by atoms with E-state index < -0.39 is 0 Å². The number of hydrogen-bond donors (Lipinski definition) is 0. The normalized spacial score (nSPS) is 57.2. The van der Waals surface area contributed by atoms with Crippen LogP contribution < -0.4 is 0 Å². The van der Waals surface area contributed by atoms with E-state index in [0.29, 0.717) is 13.1 Å². The average Bonchev–Trinajstić information content (AvgIpc) is 2.02. The Morgan fingerprint density at radius 2 is 1.33 bits per heavy atom. The van der Waals surface area contributed by atoms with Crippen LogP contribution in [-0.4, -0.2) is 5.16 Å². The first-order chi connectivity index (χ1) is 5.80. The Bertz CT molecular complexity index is 167. The maximum absolute atomic E-state index is 6.15. The molecule has 4 rings (SSSR count). The number of rotatable bonds is 1. The Balaban J connectivity index is 1.90. The highest BCUT2D eigenvalue weighted by Gasteiger charge is 2.50. The molecule has 4 aliphatic carbocycles. The first kappa shape index (κ1) is 8.06. The van der Waals surface area contributed by atoms with E-state index >= 15 is 0 Å². The van der Waals surface area contributed by atoms with Gasteiger partial charge in [0, 0.05) is 5.16 Å². The van der Waals surface area contributed by atoms with Crippen molar-refractivity contribution in [1.82, 2.24) is 0 Å². The van der Waals surface area contributed by atoms with Crippen molar-refractivity contribution in [3.63, 3.8) is 0 Å². The Labute approximate surface area is 81.0 Å². The highest BCUT2D eigenvalue weighted by atomic mass is 35.7. The lowest BCUT2D eigenvalue weighted by Gasteiger charge is -2.56. The highest BCUT2D eigenvalue weighted by Crippen LogP contribution is 2.63. The Morgan fingerprint density at radius 3 is 1.67 bits per heavy atom. The zero-order valence-electron chi connectivity index (χ0n) is 7.35. The molecule has 0 aromatic heterocycles. The molecular formula is C10H16ClP. The molecule has 4 aliphatic rings. The zero-order chi connectivity index (χ0) is 8.18. The van der Waals surface area contributed by atoms with Crippen LogP contribution in [0.1, 0.15) is 38.5 Å². The molecule has 0 nitrogen and oxygen atoms in total. The van der Waals surface area contributed by atoms with Gasteiger partial charge >= 0.3 is 0 Å². The van der Waals surface area contributed by atoms with Crippen molar-refractivity contribution in [2.45, 2.75) is 43.7 Å². The summed E-state index contributed by atoms with van der Waals surface area (Å²) in [6, 6.07) is 0. The van der Waals surface area contributed by atoms with Gasteiger partial charge in [0.15, 0.2) is 0 Å². The summed E-state index contributed by atoms with van der Waals surface area (Å²) in [5, 5.41) is 0.635. The molecule has 12 heavy (non-hydrogen) atoms. The fraction of sp³-hybridized carbons (Fsp3) is 1.00. The van der Waals surface area contributed by atoms with E-state index in [2.05, 4.69) is 0 Å². The topological polar surface area (TPSA) is 0 Å². The quantitative estimate of drug-likeness (QED) is 0.568. The summed E-state index contributed by atoms with van der Waals surface area (Å²) >= 11 is 6.15. The van der Waals surface area contributed by atoms with E-state index in [1.807, 2.05) is 0 Å². The summed E-state index contributed by atoms with van der Waals surface area (Å²) in [7, 11) is 0.703. The molecule has 0 N–H and O–H groups in total. The molecule has 68 valence electrons. The van der Waals surface area contributed by atoms with E-state index in [1.54, 1.807) is 19.3 Å². The first-order valence-electron chi connectivity index (χ1n) is 5.17. The molecule has 0 aliphatic heterocycles. The molecule has 0 amide bonds. The molecule has 1 atom stereocenters. The molecule has 0 radical (unpaired) electrons. The zero-order valence-corrected chi connectivity index (χ0v) is 9.11. The molecule has 0 aromatic carbocycles. The van der Waals surface area contributed by atoms with Crippen LogP contribution in [0, 0.1) is 17.8 Å². The standard InChI is InChI=1S/C10H16ClP/c11-12-10-4-7-1-8(5-10)3-9(2-7)6-10/h7-9,12H,1-6H2. The monoisotopic (exact) mass is 202 g/mol. The minimum atomic E-state index is 0.635. The fourth-order valence-electron chi connectivity index (χ4n) is 4.23. The summed E-state index contributed by atoms with van der Waals surface area (Å²) in [5.74, 6) is 3.22. The van der Waals surface area contributed by atoms with Crippen LogP contribution in [0.15, 0.2) is 0 Å². The lowest BCUT2D eigenvalue weighted by atomic mass is 9.56. The van der Waals surface area contributed by atoms with Crippen molar-refractivity contribution >= 4 is 19.2 Å². The van der Waals surface area contributed by atoms with Gasteiger partial charge in [-0.1, -0.05) is 11.2 Å². The molecule has 1 unspecified atom stereocenters. The van der Waals surface area contributed by atoms with E-state index in [1.165, 1.54) is 19.3 Å². The third kappa shape index (κ3) is 1.07. The Morgan fingerprint density at radius 1 is 0.917 bits per heavy atom. The van der Waals surface area contributed by atoms with Crippen molar-refractivity contribution in [3.05, 3.63) is 0 Å². The van der Waals surface area contributed by atoms with Gasteiger partial charge in [-0.05, 0) is 64.2 Å². The van der Waals surface area contributed by atoms with Gasteiger partial charge in [-0.25, -0.2) is 0 Å². The lowest BCUT2D eigenvalue weighted by Crippen LogP contribution is -2.47. The van der Waals surface area contributed by atoms with Gasteiger partial charge in [0.1, 0.15) is 0 Å². The third-order valence-electron chi connectivity index (χ3n) is 4.24. The van der Waals surface area contributed by atoms with Gasteiger partial charge in [-0.2, -0.15) is 0 Å². The maximum Gasteiger partial charge on any atom is 0.00244 e. The van der Waals surface area contributed by atoms with Crippen molar-refractivity contribution in [2.24, 2.45) is 17.8 Å². The van der Waals surface area contributed by atoms with Crippen LogP contribution >= 0.6 is 19.2 Å². The van der Waals surface area contributed by atoms with E-state index in [0.717, 1.165) is 17.8 Å². The molecule has 0 heterocycles. The van der Waals surface area contributed by atoms with Gasteiger partial charge in [-0.15, -0.1) is 0 Å². The van der Waals surface area contributed by atoms with E-state index in [-0.39, 0.29) is 0 Å². The van der Waals surface area contributed by atoms with Crippen LogP contribution in [0.3, 0.4) is 0 Å². The minimum absolute atomic E-state index is 0.635. The SMILES string of the molecule is ClPC12CC3CC(CC(C3)C1)C2. The second-order valence-electron chi connectivity index (χ2n) is 5.29. The third-order valence-corrected chi connectivity index (χ3v) is 6.45. The molecule has 4 fully saturated rings. The molecule has 4 bridgehead atoms. The number of hydrogen-bond acceptors (Lipinski definition) is 0. The van der Waals surface area contributed by atoms with Crippen molar-refractivity contribution in [2.75, 3.05) is 0 Å². The first-order valence-corrected chi connectivity index (χ1v) is 7.19. The van der Waals surface area contributed by atoms with Gasteiger partial charge in [0.25, 0.3) is 0 Å². The predicted octanol–water partition coefficient (Wildman–Crippen LogP) is 3.79. The molecule has 4 saturated carbocycles. The number of halogens is 1. The second kappa shape index (κ2) is 2.61. The van der Waals surface area contributed by atoms with E-state index in [9.17, 15) is 0 Å². The van der Waals surface area contributed by atoms with E-state index in [4.69, 9.17) is 11.2 Å². The highest BCUT2D eigenvalue weighted by molar-refractivity contribution is 7.69. The molecule has 0 saturated heterocycles. The van der Waals surface area contributed by atoms with Crippen LogP contribution in [0.5, 0.6) is 0 Å². The van der Waals surface area contributed by atoms with Gasteiger partial charge < -0.3 is 0 Å². The summed E-state index contributed by atoms with van der Waals surface area (Å²) in [5.41, 5.74) is 0. The van der Waals surface area contributed by atoms with Crippen LogP contribution in [0.2, 0.25) is 0 Å². The Hall–Kier alpha value is 0.720. The maximum atomic E-state index is 6.15. The summed E-state index contributed by atoms with van der Waals surface area (Å²) in [6.07, 6.45) is 9.05. The van der Waals surface area contributed by atoms with Gasteiger partial charge in [-0.3, -0.25) is 0 Å². The van der Waals surface area contributed by atoms with Gasteiger partial charge in [0.05, 0.1) is 0 Å². The molecule has 2 heteroatoms. The lowest BCUT2D eigenvalue weighted by molar-refractivity contribution is 0.0374. The minimum Gasteiger partial charge on any atom is -0.0995 e. The molecular weight excluding hydrogens is 187 g/mol. The summed E-state index contributed by atoms with van der Waals surface area (Å²) in [4.78, 5) is 0. The van der Waals surface area contributed by atoms with Crippen LogP contribution in [0.4, 0.5) is 0 Å². The van der Waals surface area contributed by atoms with Crippen LogP contribution in [-0.2, 0) is 0 Å². The summed E-state index contributed by atoms with van der Waals surface area (Å²) < 4.78 is 0. The fourth-order valence-corrected chi connectivity index (χ4v) is 6.02. The smallest absolute Gasteiger partial charge is 0.00244 e. The average molecular weight is 203 g/mol. The van der Waals surface area contributed by atoms with Crippen molar-refractivity contribution in [3.8, 4) is 0 Å². The Kier molecular flexibility index (Phi) is 1.75.